The van der Waals surface area contributed by atoms with Crippen molar-refractivity contribution >= 4 is 17.6 Å². The molecule has 4 heteroatoms. The second kappa shape index (κ2) is 24.4. The largest absolute Gasteiger partial charge is 0.469 e. The highest BCUT2D eigenvalue weighted by Gasteiger charge is 2.14. The average Bonchev–Trinajstić information content (AvgIpc) is 2.76. The zero-order chi connectivity index (χ0) is 23.0. The molecular weight excluding hydrogens is 408 g/mol. The average molecular weight is 461 g/mol. The summed E-state index contributed by atoms with van der Waals surface area (Å²) in [6, 6.07) is 0. The number of hydrogen-bond acceptors (Lipinski definition) is 3. The maximum atomic E-state index is 11.1. The molecule has 0 amide bonds. The fourth-order valence-corrected chi connectivity index (χ4v) is 4.46. The predicted molar refractivity (Wildman–Crippen MR) is 135 cm³/mol. The molecule has 0 aromatic rings. The highest BCUT2D eigenvalue weighted by Crippen LogP contribution is 2.21. The van der Waals surface area contributed by atoms with Gasteiger partial charge in [-0.3, -0.25) is 4.79 Å². The van der Waals surface area contributed by atoms with Gasteiger partial charge in [0.05, 0.1) is 13.2 Å². The van der Waals surface area contributed by atoms with Gasteiger partial charge in [-0.2, -0.15) is 0 Å². The van der Waals surface area contributed by atoms with Gasteiger partial charge in [-0.15, -0.1) is 0 Å². The van der Waals surface area contributed by atoms with Crippen LogP contribution in [0.3, 0.4) is 0 Å². The molecule has 0 aliphatic heterocycles. The van der Waals surface area contributed by atoms with Crippen molar-refractivity contribution in [1.29, 1.82) is 0 Å². The molecule has 0 heterocycles. The van der Waals surface area contributed by atoms with Crippen molar-refractivity contribution in [2.24, 2.45) is 0 Å². The Morgan fingerprint density at radius 2 is 1.10 bits per heavy atom. The molecule has 0 rings (SSSR count). The number of halogens is 1. The number of carbonyl (C=O) groups excluding carboxylic acids is 1. The van der Waals surface area contributed by atoms with E-state index < -0.39 is 0 Å². The van der Waals surface area contributed by atoms with Gasteiger partial charge in [0.1, 0.15) is 5.56 Å². The predicted octanol–water partition coefficient (Wildman–Crippen LogP) is 9.34. The van der Waals surface area contributed by atoms with Crippen molar-refractivity contribution in [3.63, 3.8) is 0 Å². The smallest absolute Gasteiger partial charge is 0.305 e. The van der Waals surface area contributed by atoms with Crippen molar-refractivity contribution < 1.29 is 14.3 Å². The molecule has 2 unspecified atom stereocenters. The summed E-state index contributed by atoms with van der Waals surface area (Å²) in [7, 11) is 1.46. The maximum Gasteiger partial charge on any atom is 0.305 e. The molecule has 0 saturated heterocycles. The lowest BCUT2D eigenvalue weighted by Crippen LogP contribution is -2.18. The van der Waals surface area contributed by atoms with Crippen LogP contribution in [-0.4, -0.2) is 24.7 Å². The van der Waals surface area contributed by atoms with Crippen molar-refractivity contribution in [1.82, 2.24) is 0 Å². The molecule has 0 radical (unpaired) electrons. The molecule has 2 atom stereocenters. The van der Waals surface area contributed by atoms with E-state index in [1.165, 1.54) is 103 Å². The molecule has 0 fully saturated rings. The van der Waals surface area contributed by atoms with Crippen LogP contribution in [0.15, 0.2) is 0 Å². The number of methoxy groups -OCH3 is 1. The Balaban J connectivity index is 3.75. The summed E-state index contributed by atoms with van der Waals surface area (Å²) >= 11 is 6.38. The Hall–Kier alpha value is -0.280. The van der Waals surface area contributed by atoms with Crippen LogP contribution in [0.1, 0.15) is 149 Å². The number of alkyl halides is 1. The molecule has 0 aromatic heterocycles. The van der Waals surface area contributed by atoms with Crippen LogP contribution in [0.25, 0.3) is 0 Å². The van der Waals surface area contributed by atoms with Gasteiger partial charge in [-0.1, -0.05) is 128 Å². The fourth-order valence-electron chi connectivity index (χ4n) is 4.09. The second-order valence-electron chi connectivity index (χ2n) is 9.16. The highest BCUT2D eigenvalue weighted by molar-refractivity contribution is 6.19. The minimum Gasteiger partial charge on any atom is -0.469 e. The lowest BCUT2D eigenvalue weighted by atomic mass is 10.0. The van der Waals surface area contributed by atoms with Gasteiger partial charge in [0.25, 0.3) is 0 Å². The van der Waals surface area contributed by atoms with Gasteiger partial charge in [0.15, 0.2) is 0 Å². The quantitative estimate of drug-likeness (QED) is 0.0816. The molecule has 31 heavy (non-hydrogen) atoms. The minimum absolute atomic E-state index is 0.0792. The third-order valence-electron chi connectivity index (χ3n) is 6.12. The summed E-state index contributed by atoms with van der Waals surface area (Å²) in [5, 5.41) is 0. The van der Waals surface area contributed by atoms with Crippen LogP contribution in [0, 0.1) is 0 Å². The number of esters is 1. The van der Waals surface area contributed by atoms with Crippen LogP contribution in [0.5, 0.6) is 0 Å². The SMILES string of the molecule is CCCCCCCCCC(CCCCCCCCCCCC(=O)OC)OC(Cl)CCC. The molecule has 0 bridgehead atoms. The summed E-state index contributed by atoms with van der Waals surface area (Å²) in [4.78, 5) is 11.1. The van der Waals surface area contributed by atoms with E-state index in [0.717, 1.165) is 32.1 Å². The monoisotopic (exact) mass is 460 g/mol. The van der Waals surface area contributed by atoms with Gasteiger partial charge < -0.3 is 9.47 Å². The number of rotatable bonds is 24. The molecule has 0 aliphatic carbocycles. The molecule has 186 valence electrons. The third kappa shape index (κ3) is 22.7. The van der Waals surface area contributed by atoms with Crippen LogP contribution >= 0.6 is 11.6 Å². The molecule has 0 aromatic carbocycles. The van der Waals surface area contributed by atoms with E-state index in [2.05, 4.69) is 18.6 Å². The van der Waals surface area contributed by atoms with E-state index in [0.29, 0.717) is 12.5 Å². The maximum absolute atomic E-state index is 11.1. The van der Waals surface area contributed by atoms with Gasteiger partial charge in [0, 0.05) is 6.42 Å². The molecule has 0 saturated carbocycles. The first-order chi connectivity index (χ1) is 15.1. The van der Waals surface area contributed by atoms with Crippen LogP contribution in [0.2, 0.25) is 0 Å². The summed E-state index contributed by atoms with van der Waals surface area (Å²) in [6.45, 7) is 4.44. The lowest BCUT2D eigenvalue weighted by Gasteiger charge is -2.21. The van der Waals surface area contributed by atoms with E-state index in [1.807, 2.05) is 0 Å². The molecule has 0 aliphatic rings. The molecule has 0 N–H and O–H groups in total. The first-order valence-electron chi connectivity index (χ1n) is 13.5. The van der Waals surface area contributed by atoms with Crippen molar-refractivity contribution in [3.05, 3.63) is 0 Å². The third-order valence-corrected chi connectivity index (χ3v) is 6.44. The number of unbranched alkanes of at least 4 members (excludes halogenated alkanes) is 14. The standard InChI is InChI=1S/C27H53ClO3/c1-4-6-7-8-12-15-18-22-25(31-26(28)21-5-2)23-19-16-13-10-9-11-14-17-20-24-27(29)30-3/h25-26H,4-24H2,1-3H3. The van der Waals surface area contributed by atoms with Crippen LogP contribution in [0.4, 0.5) is 0 Å². The normalized spacial score (nSPS) is 13.3. The second-order valence-corrected chi connectivity index (χ2v) is 9.65. The molecule has 3 nitrogen and oxygen atoms in total. The van der Waals surface area contributed by atoms with Crippen molar-refractivity contribution in [2.75, 3.05) is 7.11 Å². The van der Waals surface area contributed by atoms with Gasteiger partial charge in [-0.05, 0) is 25.7 Å². The minimum atomic E-state index is -0.112. The highest BCUT2D eigenvalue weighted by atomic mass is 35.5. The first kappa shape index (κ1) is 30.7. The van der Waals surface area contributed by atoms with Crippen LogP contribution < -0.4 is 0 Å². The Kier molecular flexibility index (Phi) is 24.1. The lowest BCUT2D eigenvalue weighted by molar-refractivity contribution is -0.140. The fraction of sp³-hybridized carbons (Fsp3) is 0.963. The van der Waals surface area contributed by atoms with E-state index in [-0.39, 0.29) is 11.5 Å². The van der Waals surface area contributed by atoms with Crippen molar-refractivity contribution in [3.8, 4) is 0 Å². The van der Waals surface area contributed by atoms with Gasteiger partial charge in [-0.25, -0.2) is 0 Å². The Labute approximate surface area is 199 Å². The summed E-state index contributed by atoms with van der Waals surface area (Å²) in [6.07, 6.45) is 25.9. The number of hydrogen-bond donors (Lipinski definition) is 0. The molecular formula is C27H53ClO3. The number of carbonyl (C=O) groups is 1. The summed E-state index contributed by atoms with van der Waals surface area (Å²) in [5.74, 6) is -0.0792. The molecule has 0 spiro atoms. The Bertz CT molecular complexity index is 375. The zero-order valence-electron chi connectivity index (χ0n) is 21.1. The Morgan fingerprint density at radius 1 is 0.645 bits per heavy atom. The topological polar surface area (TPSA) is 35.5 Å². The van der Waals surface area contributed by atoms with Gasteiger partial charge >= 0.3 is 5.97 Å². The Morgan fingerprint density at radius 3 is 1.55 bits per heavy atom. The van der Waals surface area contributed by atoms with E-state index >= 15 is 0 Å². The number of ether oxygens (including phenoxy) is 2. The van der Waals surface area contributed by atoms with E-state index in [1.54, 1.807) is 0 Å². The van der Waals surface area contributed by atoms with E-state index in [4.69, 9.17) is 16.3 Å². The first-order valence-corrected chi connectivity index (χ1v) is 13.9. The van der Waals surface area contributed by atoms with Gasteiger partial charge in [0.2, 0.25) is 0 Å². The van der Waals surface area contributed by atoms with Crippen LogP contribution in [-0.2, 0) is 14.3 Å². The summed E-state index contributed by atoms with van der Waals surface area (Å²) < 4.78 is 10.8. The van der Waals surface area contributed by atoms with Crippen molar-refractivity contribution in [2.45, 2.75) is 160 Å². The zero-order valence-corrected chi connectivity index (χ0v) is 21.9. The van der Waals surface area contributed by atoms with E-state index in [9.17, 15) is 4.79 Å². The summed E-state index contributed by atoms with van der Waals surface area (Å²) in [5.41, 5.74) is -0.112.